The van der Waals surface area contributed by atoms with Crippen molar-refractivity contribution in [3.8, 4) is 0 Å². The number of hydrogen-bond acceptors (Lipinski definition) is 3. The molecule has 6 nitrogen and oxygen atoms in total. The normalized spacial score (nSPS) is 16.6. The molecule has 142 valence electrons. The highest BCUT2D eigenvalue weighted by molar-refractivity contribution is 14.0. The Hall–Kier alpha value is -0.570. The lowest BCUT2D eigenvalue weighted by Gasteiger charge is -2.30. The van der Waals surface area contributed by atoms with Crippen molar-refractivity contribution in [1.29, 1.82) is 0 Å². The number of nitrogens with zero attached hydrogens (tertiary/aromatic N) is 2. The average Bonchev–Trinajstić information content (AvgIpc) is 2.54. The molecular weight excluding hydrogens is 417 g/mol. The fourth-order valence-electron chi connectivity index (χ4n) is 2.91. The van der Waals surface area contributed by atoms with E-state index in [1.165, 1.54) is 19.3 Å². The van der Waals surface area contributed by atoms with E-state index in [1.54, 1.807) is 0 Å². The lowest BCUT2D eigenvalue weighted by Crippen LogP contribution is -2.39. The molecule has 1 rings (SSSR count). The van der Waals surface area contributed by atoms with Crippen molar-refractivity contribution in [2.45, 2.75) is 58.3 Å². The molecule has 0 bridgehead atoms. The van der Waals surface area contributed by atoms with E-state index in [4.69, 9.17) is 11.5 Å². The van der Waals surface area contributed by atoms with Crippen molar-refractivity contribution in [2.24, 2.45) is 22.4 Å². The summed E-state index contributed by atoms with van der Waals surface area (Å²) in [6, 6.07) is 0. The Morgan fingerprint density at radius 3 is 2.46 bits per heavy atom. The van der Waals surface area contributed by atoms with Gasteiger partial charge in [0.05, 0.1) is 0 Å². The van der Waals surface area contributed by atoms with Gasteiger partial charge in [-0.15, -0.1) is 24.0 Å². The molecule has 0 aliphatic carbocycles. The number of primary amides is 1. The maximum atomic E-state index is 11.1. The number of aliphatic imine (C=N–C) groups is 1. The first kappa shape index (κ1) is 23.4. The van der Waals surface area contributed by atoms with Crippen LogP contribution in [-0.4, -0.2) is 49.5 Å². The molecule has 0 aromatic carbocycles. The zero-order valence-corrected chi connectivity index (χ0v) is 17.5. The molecule has 1 amide bonds. The molecule has 1 aliphatic heterocycles. The molecule has 1 aliphatic rings. The molecule has 0 aromatic rings. The highest BCUT2D eigenvalue weighted by atomic mass is 127. The number of carbonyl (C=O) groups is 1. The molecule has 1 saturated heterocycles. The summed E-state index contributed by atoms with van der Waals surface area (Å²) in [5.74, 6) is 0.517. The fraction of sp³-hybridized carbons (Fsp3) is 0.882. The van der Waals surface area contributed by atoms with Gasteiger partial charge in [-0.2, -0.15) is 0 Å². The third-order valence-corrected chi connectivity index (χ3v) is 4.49. The minimum atomic E-state index is -0.140. The zero-order chi connectivity index (χ0) is 16.9. The van der Waals surface area contributed by atoms with Gasteiger partial charge in [-0.3, -0.25) is 9.79 Å². The van der Waals surface area contributed by atoms with Gasteiger partial charge >= 0.3 is 0 Å². The Kier molecular flexibility index (Phi) is 14.4. The van der Waals surface area contributed by atoms with Crippen molar-refractivity contribution >= 4 is 35.8 Å². The standard InChI is InChI=1S/C17H35N5O.HI/c1-2-3-4-5-10-20-17(19)21-11-6-7-12-22-13-8-15(9-14-22)16(18)23;/h15H,2-14H2,1H3,(H2,18,23)(H3,19,20,21);1H. The zero-order valence-electron chi connectivity index (χ0n) is 15.1. The first-order valence-corrected chi connectivity index (χ1v) is 9.19. The topological polar surface area (TPSA) is 96.7 Å². The van der Waals surface area contributed by atoms with E-state index in [0.29, 0.717) is 5.96 Å². The molecule has 0 spiro atoms. The molecule has 0 aromatic heterocycles. The van der Waals surface area contributed by atoms with Crippen LogP contribution >= 0.6 is 24.0 Å². The van der Waals surface area contributed by atoms with Crippen molar-refractivity contribution in [3.63, 3.8) is 0 Å². The third-order valence-electron chi connectivity index (χ3n) is 4.49. The number of unbranched alkanes of at least 4 members (excludes halogenated alkanes) is 4. The first-order valence-electron chi connectivity index (χ1n) is 9.19. The van der Waals surface area contributed by atoms with Gasteiger partial charge < -0.3 is 21.7 Å². The predicted molar refractivity (Wildman–Crippen MR) is 112 cm³/mol. The second-order valence-electron chi connectivity index (χ2n) is 6.48. The number of hydrogen-bond donors (Lipinski definition) is 3. The average molecular weight is 453 g/mol. The summed E-state index contributed by atoms with van der Waals surface area (Å²) in [4.78, 5) is 17.9. The van der Waals surface area contributed by atoms with Gasteiger partial charge in [0.2, 0.25) is 5.91 Å². The number of amides is 1. The minimum Gasteiger partial charge on any atom is -0.370 e. The Morgan fingerprint density at radius 1 is 1.12 bits per heavy atom. The number of halogens is 1. The van der Waals surface area contributed by atoms with Crippen LogP contribution in [-0.2, 0) is 4.79 Å². The molecule has 0 unspecified atom stereocenters. The van der Waals surface area contributed by atoms with Gasteiger partial charge in [-0.1, -0.05) is 26.2 Å². The van der Waals surface area contributed by atoms with Gasteiger partial charge in [0.25, 0.3) is 0 Å². The quantitative estimate of drug-likeness (QED) is 0.193. The predicted octanol–water partition coefficient (Wildman–Crippen LogP) is 2.07. The maximum Gasteiger partial charge on any atom is 0.220 e. The molecule has 0 atom stereocenters. The second kappa shape index (κ2) is 14.7. The van der Waals surface area contributed by atoms with Crippen molar-refractivity contribution < 1.29 is 4.79 Å². The van der Waals surface area contributed by atoms with E-state index in [0.717, 1.165) is 64.8 Å². The van der Waals surface area contributed by atoms with E-state index in [9.17, 15) is 4.79 Å². The monoisotopic (exact) mass is 453 g/mol. The van der Waals surface area contributed by atoms with Crippen LogP contribution in [0.2, 0.25) is 0 Å². The summed E-state index contributed by atoms with van der Waals surface area (Å²) in [5.41, 5.74) is 11.2. The van der Waals surface area contributed by atoms with Crippen LogP contribution in [0.3, 0.4) is 0 Å². The van der Waals surface area contributed by atoms with Crippen LogP contribution in [0.25, 0.3) is 0 Å². The van der Waals surface area contributed by atoms with Gasteiger partial charge in [0.15, 0.2) is 5.96 Å². The van der Waals surface area contributed by atoms with Crippen molar-refractivity contribution in [1.82, 2.24) is 10.2 Å². The lowest BCUT2D eigenvalue weighted by molar-refractivity contribution is -0.123. The van der Waals surface area contributed by atoms with E-state index in [2.05, 4.69) is 22.1 Å². The number of rotatable bonds is 11. The van der Waals surface area contributed by atoms with Crippen LogP contribution in [0, 0.1) is 5.92 Å². The van der Waals surface area contributed by atoms with Crippen LogP contribution < -0.4 is 16.8 Å². The fourth-order valence-corrected chi connectivity index (χ4v) is 2.91. The second-order valence-corrected chi connectivity index (χ2v) is 6.48. The molecule has 5 N–H and O–H groups in total. The molecule has 7 heteroatoms. The molecular formula is C17H36IN5O. The number of piperidine rings is 1. The van der Waals surface area contributed by atoms with Crippen molar-refractivity contribution in [2.75, 3.05) is 32.7 Å². The van der Waals surface area contributed by atoms with E-state index < -0.39 is 0 Å². The summed E-state index contributed by atoms with van der Waals surface area (Å²) in [6.45, 7) is 6.97. The Morgan fingerprint density at radius 2 is 1.83 bits per heavy atom. The summed E-state index contributed by atoms with van der Waals surface area (Å²) >= 11 is 0. The van der Waals surface area contributed by atoms with Crippen LogP contribution in [0.5, 0.6) is 0 Å². The molecule has 1 fully saturated rings. The number of guanidine groups is 1. The van der Waals surface area contributed by atoms with E-state index >= 15 is 0 Å². The van der Waals surface area contributed by atoms with Gasteiger partial charge in [-0.25, -0.2) is 0 Å². The third kappa shape index (κ3) is 11.1. The number of likely N-dealkylation sites (tertiary alicyclic amines) is 1. The molecule has 24 heavy (non-hydrogen) atoms. The Labute approximate surface area is 164 Å². The Bertz CT molecular complexity index is 357. The molecule has 1 heterocycles. The Balaban J connectivity index is 0.00000529. The van der Waals surface area contributed by atoms with Crippen LogP contribution in [0.1, 0.15) is 58.3 Å². The van der Waals surface area contributed by atoms with Gasteiger partial charge in [0, 0.05) is 19.0 Å². The van der Waals surface area contributed by atoms with Gasteiger partial charge in [-0.05, 0) is 51.7 Å². The minimum absolute atomic E-state index is 0. The number of carbonyl (C=O) groups excluding carboxylic acids is 1. The lowest BCUT2D eigenvalue weighted by atomic mass is 9.96. The van der Waals surface area contributed by atoms with Crippen molar-refractivity contribution in [3.05, 3.63) is 0 Å². The maximum absolute atomic E-state index is 11.1. The highest BCUT2D eigenvalue weighted by Crippen LogP contribution is 2.16. The summed E-state index contributed by atoms with van der Waals surface area (Å²) in [7, 11) is 0. The smallest absolute Gasteiger partial charge is 0.220 e. The highest BCUT2D eigenvalue weighted by Gasteiger charge is 2.22. The molecule has 0 saturated carbocycles. The van der Waals surface area contributed by atoms with Crippen LogP contribution in [0.4, 0.5) is 0 Å². The number of nitrogens with two attached hydrogens (primary N) is 2. The summed E-state index contributed by atoms with van der Waals surface area (Å²) in [6.07, 6.45) is 8.92. The van der Waals surface area contributed by atoms with E-state index in [-0.39, 0.29) is 35.8 Å². The largest absolute Gasteiger partial charge is 0.370 e. The summed E-state index contributed by atoms with van der Waals surface area (Å²) < 4.78 is 0. The summed E-state index contributed by atoms with van der Waals surface area (Å²) in [5, 5.41) is 3.18. The number of nitrogens with one attached hydrogen (secondary N) is 1. The molecule has 0 radical (unpaired) electrons. The first-order chi connectivity index (χ1) is 11.1. The van der Waals surface area contributed by atoms with Gasteiger partial charge in [0.1, 0.15) is 0 Å². The SMILES string of the molecule is CCCCCCN=C(N)NCCCCN1CCC(C(N)=O)CC1.I. The van der Waals surface area contributed by atoms with Crippen LogP contribution in [0.15, 0.2) is 4.99 Å². The van der Waals surface area contributed by atoms with E-state index in [1.807, 2.05) is 0 Å².